The Labute approximate surface area is 150 Å². The summed E-state index contributed by atoms with van der Waals surface area (Å²) in [5.74, 6) is 0.0900. The van der Waals surface area contributed by atoms with E-state index in [1.807, 2.05) is 24.3 Å². The van der Waals surface area contributed by atoms with Crippen molar-refractivity contribution in [3.8, 4) is 16.9 Å². The van der Waals surface area contributed by atoms with Gasteiger partial charge in [0.2, 0.25) is 0 Å². The number of rotatable bonds is 2. The summed E-state index contributed by atoms with van der Waals surface area (Å²) in [6.07, 6.45) is 0. The summed E-state index contributed by atoms with van der Waals surface area (Å²) in [7, 11) is 0. The highest BCUT2D eigenvalue weighted by Gasteiger charge is 2.22. The first-order chi connectivity index (χ1) is 12.7. The molecule has 0 saturated carbocycles. The van der Waals surface area contributed by atoms with E-state index in [0.717, 1.165) is 35.3 Å². The van der Waals surface area contributed by atoms with Gasteiger partial charge in [0.25, 0.3) is 6.01 Å². The normalized spacial score (nSPS) is 13.3. The SMILES string of the molecule is Nc1cc(-c2ccc3oc(N4Cc5ccccc5C4)nc3c2)ccc1O. The highest BCUT2D eigenvalue weighted by atomic mass is 16.4. The zero-order valence-corrected chi connectivity index (χ0v) is 14.0. The van der Waals surface area contributed by atoms with Crippen LogP contribution in [0.3, 0.4) is 0 Å². The second kappa shape index (κ2) is 5.52. The minimum atomic E-state index is 0.0900. The highest BCUT2D eigenvalue weighted by Crippen LogP contribution is 2.33. The van der Waals surface area contributed by atoms with Crippen LogP contribution in [0.25, 0.3) is 22.2 Å². The molecule has 26 heavy (non-hydrogen) atoms. The van der Waals surface area contributed by atoms with E-state index in [4.69, 9.17) is 10.2 Å². The number of hydrogen-bond donors (Lipinski definition) is 2. The Morgan fingerprint density at radius 2 is 1.62 bits per heavy atom. The average molecular weight is 343 g/mol. The molecule has 0 atom stereocenters. The van der Waals surface area contributed by atoms with E-state index in [1.54, 1.807) is 12.1 Å². The first kappa shape index (κ1) is 14.8. The summed E-state index contributed by atoms with van der Waals surface area (Å²) in [6, 6.07) is 20.1. The van der Waals surface area contributed by atoms with E-state index in [-0.39, 0.29) is 5.75 Å². The third kappa shape index (κ3) is 2.37. The van der Waals surface area contributed by atoms with E-state index in [9.17, 15) is 5.11 Å². The van der Waals surface area contributed by atoms with Gasteiger partial charge in [-0.1, -0.05) is 36.4 Å². The Hall–Kier alpha value is -3.47. The van der Waals surface area contributed by atoms with Crippen LogP contribution < -0.4 is 10.6 Å². The summed E-state index contributed by atoms with van der Waals surface area (Å²) < 4.78 is 5.97. The minimum absolute atomic E-state index is 0.0900. The number of nitrogen functional groups attached to an aromatic ring is 1. The van der Waals surface area contributed by atoms with Crippen LogP contribution >= 0.6 is 0 Å². The summed E-state index contributed by atoms with van der Waals surface area (Å²) >= 11 is 0. The molecule has 0 fully saturated rings. The quantitative estimate of drug-likeness (QED) is 0.419. The van der Waals surface area contributed by atoms with Crippen molar-refractivity contribution >= 4 is 22.8 Å². The number of fused-ring (bicyclic) bond motifs is 2. The van der Waals surface area contributed by atoms with Gasteiger partial charge in [-0.15, -0.1) is 0 Å². The molecule has 5 rings (SSSR count). The molecule has 1 aliphatic rings. The van der Waals surface area contributed by atoms with Gasteiger partial charge in [-0.05, 0) is 46.5 Å². The number of phenolic OH excluding ortho intramolecular Hbond substituents is 1. The highest BCUT2D eigenvalue weighted by molar-refractivity contribution is 5.82. The number of nitrogens with two attached hydrogens (primary N) is 1. The molecule has 4 aromatic rings. The molecule has 0 amide bonds. The van der Waals surface area contributed by atoms with E-state index < -0.39 is 0 Å². The minimum Gasteiger partial charge on any atom is -0.506 e. The maximum atomic E-state index is 9.60. The fourth-order valence-electron chi connectivity index (χ4n) is 3.43. The molecular weight excluding hydrogens is 326 g/mol. The summed E-state index contributed by atoms with van der Waals surface area (Å²) in [4.78, 5) is 6.82. The zero-order valence-electron chi connectivity index (χ0n) is 14.0. The van der Waals surface area contributed by atoms with Crippen molar-refractivity contribution in [1.29, 1.82) is 0 Å². The molecule has 0 radical (unpaired) electrons. The standard InChI is InChI=1S/C21H17N3O2/c22-17-9-13(5-7-19(17)25)14-6-8-20-18(10-14)23-21(26-20)24-11-15-3-1-2-4-16(15)12-24/h1-10,25H,11-12,22H2. The van der Waals surface area contributed by atoms with Gasteiger partial charge in [0.15, 0.2) is 5.58 Å². The summed E-state index contributed by atoms with van der Waals surface area (Å²) in [6.45, 7) is 1.62. The van der Waals surface area contributed by atoms with Crippen molar-refractivity contribution in [2.24, 2.45) is 0 Å². The predicted octanol–water partition coefficient (Wildman–Crippen LogP) is 4.30. The Bertz CT molecular complexity index is 1110. The number of nitrogens with zero attached hydrogens (tertiary/aromatic N) is 2. The van der Waals surface area contributed by atoms with E-state index in [1.165, 1.54) is 11.1 Å². The van der Waals surface area contributed by atoms with Crippen molar-refractivity contribution in [3.63, 3.8) is 0 Å². The van der Waals surface area contributed by atoms with E-state index >= 15 is 0 Å². The Kier molecular flexibility index (Phi) is 3.15. The lowest BCUT2D eigenvalue weighted by molar-refractivity contribution is 0.478. The fraction of sp³-hybridized carbons (Fsp3) is 0.0952. The lowest BCUT2D eigenvalue weighted by Crippen LogP contribution is -2.14. The molecule has 3 aromatic carbocycles. The van der Waals surface area contributed by atoms with Gasteiger partial charge < -0.3 is 20.2 Å². The molecule has 0 saturated heterocycles. The number of phenols is 1. The monoisotopic (exact) mass is 343 g/mol. The number of aromatic hydroxyl groups is 1. The van der Waals surface area contributed by atoms with Crippen LogP contribution in [0.15, 0.2) is 65.1 Å². The maximum absolute atomic E-state index is 9.60. The molecule has 5 nitrogen and oxygen atoms in total. The van der Waals surface area contributed by atoms with Gasteiger partial charge in [-0.25, -0.2) is 0 Å². The zero-order chi connectivity index (χ0) is 17.7. The molecule has 0 aliphatic carbocycles. The topological polar surface area (TPSA) is 75.5 Å². The van der Waals surface area contributed by atoms with Crippen molar-refractivity contribution in [3.05, 3.63) is 71.8 Å². The van der Waals surface area contributed by atoms with Crippen LogP contribution in [0.2, 0.25) is 0 Å². The fourth-order valence-corrected chi connectivity index (χ4v) is 3.43. The second-order valence-electron chi connectivity index (χ2n) is 6.58. The summed E-state index contributed by atoms with van der Waals surface area (Å²) in [5.41, 5.74) is 12.3. The van der Waals surface area contributed by atoms with Gasteiger partial charge in [0.05, 0.1) is 5.69 Å². The van der Waals surface area contributed by atoms with Gasteiger partial charge >= 0.3 is 0 Å². The van der Waals surface area contributed by atoms with Crippen molar-refractivity contribution in [1.82, 2.24) is 4.98 Å². The number of hydrogen-bond acceptors (Lipinski definition) is 5. The van der Waals surface area contributed by atoms with Crippen LogP contribution in [0.4, 0.5) is 11.7 Å². The van der Waals surface area contributed by atoms with Gasteiger partial charge in [0, 0.05) is 13.1 Å². The second-order valence-corrected chi connectivity index (χ2v) is 6.58. The third-order valence-electron chi connectivity index (χ3n) is 4.85. The summed E-state index contributed by atoms with van der Waals surface area (Å²) in [5, 5.41) is 9.60. The first-order valence-electron chi connectivity index (χ1n) is 8.48. The van der Waals surface area contributed by atoms with Crippen molar-refractivity contribution < 1.29 is 9.52 Å². The number of oxazole rings is 1. The molecule has 1 aliphatic heterocycles. The molecule has 0 spiro atoms. The average Bonchev–Trinajstić information content (AvgIpc) is 3.26. The Morgan fingerprint density at radius 1 is 0.923 bits per heavy atom. The van der Waals surface area contributed by atoms with Crippen LogP contribution in [0.5, 0.6) is 5.75 Å². The molecule has 0 bridgehead atoms. The van der Waals surface area contributed by atoms with Crippen molar-refractivity contribution in [2.45, 2.75) is 13.1 Å². The molecular formula is C21H17N3O2. The number of benzene rings is 3. The van der Waals surface area contributed by atoms with E-state index in [2.05, 4.69) is 34.1 Å². The van der Waals surface area contributed by atoms with E-state index in [0.29, 0.717) is 11.7 Å². The van der Waals surface area contributed by atoms with Gasteiger partial charge in [-0.2, -0.15) is 4.98 Å². The first-order valence-corrected chi connectivity index (χ1v) is 8.48. The molecule has 1 aromatic heterocycles. The van der Waals surface area contributed by atoms with Crippen LogP contribution in [-0.4, -0.2) is 10.1 Å². The molecule has 3 N–H and O–H groups in total. The molecule has 2 heterocycles. The molecule has 128 valence electrons. The Morgan fingerprint density at radius 3 is 2.35 bits per heavy atom. The van der Waals surface area contributed by atoms with Crippen LogP contribution in [0.1, 0.15) is 11.1 Å². The molecule has 5 heteroatoms. The largest absolute Gasteiger partial charge is 0.506 e. The van der Waals surface area contributed by atoms with Gasteiger partial charge in [-0.3, -0.25) is 0 Å². The van der Waals surface area contributed by atoms with Crippen LogP contribution in [0, 0.1) is 0 Å². The Balaban J connectivity index is 1.50. The maximum Gasteiger partial charge on any atom is 0.298 e. The van der Waals surface area contributed by atoms with Crippen LogP contribution in [-0.2, 0) is 13.1 Å². The lowest BCUT2D eigenvalue weighted by Gasteiger charge is -2.10. The molecule has 0 unspecified atom stereocenters. The predicted molar refractivity (Wildman–Crippen MR) is 102 cm³/mol. The van der Waals surface area contributed by atoms with Crippen molar-refractivity contribution in [2.75, 3.05) is 10.6 Å². The number of anilines is 2. The number of aromatic nitrogens is 1. The van der Waals surface area contributed by atoms with Gasteiger partial charge in [0.1, 0.15) is 11.3 Å². The third-order valence-corrected chi connectivity index (χ3v) is 4.85. The smallest absolute Gasteiger partial charge is 0.298 e. The lowest BCUT2D eigenvalue weighted by atomic mass is 10.0.